The molecule has 2 aromatic rings. The molecule has 2 aromatic carbocycles. The maximum absolute atomic E-state index is 6.28. The second-order valence-corrected chi connectivity index (χ2v) is 5.39. The first-order chi connectivity index (χ1) is 10.1. The third-order valence-electron chi connectivity index (χ3n) is 3.22. The number of hydrogen-bond donors (Lipinski definition) is 1. The van der Waals surface area contributed by atoms with Gasteiger partial charge >= 0.3 is 0 Å². The van der Waals surface area contributed by atoms with E-state index >= 15 is 0 Å². The van der Waals surface area contributed by atoms with Crippen LogP contribution in [0.25, 0.3) is 0 Å². The summed E-state index contributed by atoms with van der Waals surface area (Å²) in [4.78, 5) is 0. The van der Waals surface area contributed by atoms with E-state index in [-0.39, 0.29) is 6.04 Å². The van der Waals surface area contributed by atoms with E-state index in [0.717, 1.165) is 11.3 Å². The predicted octanol–water partition coefficient (Wildman–Crippen LogP) is 5.18. The molecule has 0 bridgehead atoms. The van der Waals surface area contributed by atoms with Gasteiger partial charge in [0.05, 0.1) is 31.0 Å². The molecule has 21 heavy (non-hydrogen) atoms. The molecule has 0 spiro atoms. The molecule has 0 amide bonds. The first kappa shape index (κ1) is 15.8. The van der Waals surface area contributed by atoms with E-state index in [1.807, 2.05) is 37.3 Å². The van der Waals surface area contributed by atoms with Gasteiger partial charge < -0.3 is 14.8 Å². The molecule has 1 unspecified atom stereocenters. The van der Waals surface area contributed by atoms with Gasteiger partial charge in [-0.3, -0.25) is 0 Å². The largest absolute Gasteiger partial charge is 0.493 e. The molecule has 0 heterocycles. The summed E-state index contributed by atoms with van der Waals surface area (Å²) in [6.07, 6.45) is 0. The van der Waals surface area contributed by atoms with Gasteiger partial charge in [-0.1, -0.05) is 41.4 Å². The lowest BCUT2D eigenvalue weighted by atomic mass is 10.1. The molecule has 1 atom stereocenters. The van der Waals surface area contributed by atoms with E-state index in [1.54, 1.807) is 20.3 Å². The van der Waals surface area contributed by atoms with Gasteiger partial charge in [-0.05, 0) is 18.6 Å². The van der Waals surface area contributed by atoms with Gasteiger partial charge in [0.1, 0.15) is 0 Å². The Balaban J connectivity index is 2.29. The Bertz CT molecular complexity index is 632. The Morgan fingerprint density at radius 3 is 2.19 bits per heavy atom. The number of halogens is 2. The highest BCUT2D eigenvalue weighted by Crippen LogP contribution is 2.37. The lowest BCUT2D eigenvalue weighted by Crippen LogP contribution is -2.08. The summed E-state index contributed by atoms with van der Waals surface area (Å²) in [6, 6.07) is 11.3. The predicted molar refractivity (Wildman–Crippen MR) is 88.0 cm³/mol. The average Bonchev–Trinajstić information content (AvgIpc) is 2.49. The van der Waals surface area contributed by atoms with Crippen molar-refractivity contribution < 1.29 is 9.47 Å². The Morgan fingerprint density at radius 1 is 0.952 bits per heavy atom. The van der Waals surface area contributed by atoms with Crippen LogP contribution in [0.2, 0.25) is 10.0 Å². The van der Waals surface area contributed by atoms with Crippen molar-refractivity contribution in [3.63, 3.8) is 0 Å². The summed E-state index contributed by atoms with van der Waals surface area (Å²) in [7, 11) is 3.17. The van der Waals surface area contributed by atoms with E-state index in [1.165, 1.54) is 0 Å². The van der Waals surface area contributed by atoms with Gasteiger partial charge in [0, 0.05) is 17.2 Å². The SMILES string of the molecule is COc1cc(Cl)c(NC(C)c2ccccc2Cl)cc1OC. The molecule has 0 radical (unpaired) electrons. The molecule has 1 N–H and O–H groups in total. The second-order valence-electron chi connectivity index (χ2n) is 4.57. The zero-order valence-electron chi connectivity index (χ0n) is 12.1. The number of benzene rings is 2. The summed E-state index contributed by atoms with van der Waals surface area (Å²) in [5.41, 5.74) is 1.77. The van der Waals surface area contributed by atoms with Gasteiger partial charge in [0.25, 0.3) is 0 Å². The summed E-state index contributed by atoms with van der Waals surface area (Å²) in [5.74, 6) is 1.22. The zero-order valence-corrected chi connectivity index (χ0v) is 13.6. The first-order valence-corrected chi connectivity index (χ1v) is 7.25. The molecular weight excluding hydrogens is 309 g/mol. The van der Waals surface area contributed by atoms with Crippen molar-refractivity contribution in [1.29, 1.82) is 0 Å². The molecule has 112 valence electrons. The quantitative estimate of drug-likeness (QED) is 0.821. The monoisotopic (exact) mass is 325 g/mol. The van der Waals surface area contributed by atoms with Crippen LogP contribution in [0.3, 0.4) is 0 Å². The molecule has 3 nitrogen and oxygen atoms in total. The Hall–Kier alpha value is -1.58. The molecule has 5 heteroatoms. The minimum Gasteiger partial charge on any atom is -0.493 e. The third kappa shape index (κ3) is 3.55. The number of nitrogens with one attached hydrogen (secondary N) is 1. The fraction of sp³-hybridized carbons (Fsp3) is 0.250. The summed E-state index contributed by atoms with van der Waals surface area (Å²) < 4.78 is 10.5. The topological polar surface area (TPSA) is 30.5 Å². The molecular formula is C16H17Cl2NO2. The van der Waals surface area contributed by atoms with Crippen molar-refractivity contribution in [2.24, 2.45) is 0 Å². The first-order valence-electron chi connectivity index (χ1n) is 6.49. The fourth-order valence-corrected chi connectivity index (χ4v) is 2.61. The van der Waals surface area contributed by atoms with Crippen LogP contribution < -0.4 is 14.8 Å². The number of anilines is 1. The van der Waals surface area contributed by atoms with E-state index in [2.05, 4.69) is 5.32 Å². The molecule has 0 fully saturated rings. The number of rotatable bonds is 5. The van der Waals surface area contributed by atoms with Crippen LogP contribution in [0.15, 0.2) is 36.4 Å². The van der Waals surface area contributed by atoms with Gasteiger partial charge in [-0.25, -0.2) is 0 Å². The Kier molecular flexibility index (Phi) is 5.21. The van der Waals surface area contributed by atoms with Crippen molar-refractivity contribution in [2.45, 2.75) is 13.0 Å². The van der Waals surface area contributed by atoms with Crippen molar-refractivity contribution >= 4 is 28.9 Å². The highest BCUT2D eigenvalue weighted by atomic mass is 35.5. The van der Waals surface area contributed by atoms with Crippen LogP contribution in [0.5, 0.6) is 11.5 Å². The lowest BCUT2D eigenvalue weighted by molar-refractivity contribution is 0.355. The summed E-state index contributed by atoms with van der Waals surface area (Å²) >= 11 is 12.5. The van der Waals surface area contributed by atoms with Gasteiger partial charge in [-0.15, -0.1) is 0 Å². The van der Waals surface area contributed by atoms with E-state index in [4.69, 9.17) is 32.7 Å². The molecule has 0 saturated carbocycles. The fourth-order valence-electron chi connectivity index (χ4n) is 2.10. The number of ether oxygens (including phenoxy) is 2. The van der Waals surface area contributed by atoms with Crippen LogP contribution in [0.1, 0.15) is 18.5 Å². The van der Waals surface area contributed by atoms with E-state index < -0.39 is 0 Å². The maximum atomic E-state index is 6.28. The Morgan fingerprint density at radius 2 is 1.57 bits per heavy atom. The zero-order chi connectivity index (χ0) is 15.4. The summed E-state index contributed by atoms with van der Waals surface area (Å²) in [6.45, 7) is 2.02. The van der Waals surface area contributed by atoms with Crippen LogP contribution in [-0.4, -0.2) is 14.2 Å². The van der Waals surface area contributed by atoms with Gasteiger partial charge in [0.15, 0.2) is 11.5 Å². The molecule has 0 aliphatic heterocycles. The van der Waals surface area contributed by atoms with Crippen LogP contribution in [0.4, 0.5) is 5.69 Å². The second kappa shape index (κ2) is 6.92. The van der Waals surface area contributed by atoms with Crippen molar-refractivity contribution in [2.75, 3.05) is 19.5 Å². The molecule has 0 aliphatic carbocycles. The van der Waals surface area contributed by atoms with Crippen LogP contribution >= 0.6 is 23.2 Å². The van der Waals surface area contributed by atoms with Crippen LogP contribution in [-0.2, 0) is 0 Å². The molecule has 0 aromatic heterocycles. The standard InChI is InChI=1S/C16H17Cl2NO2/c1-10(11-6-4-5-7-12(11)17)19-14-9-16(21-3)15(20-2)8-13(14)18/h4-10,19H,1-3H3. The van der Waals surface area contributed by atoms with Crippen molar-refractivity contribution in [1.82, 2.24) is 0 Å². The maximum Gasteiger partial charge on any atom is 0.162 e. The highest BCUT2D eigenvalue weighted by molar-refractivity contribution is 6.33. The Labute approximate surface area is 134 Å². The lowest BCUT2D eigenvalue weighted by Gasteiger charge is -2.19. The average molecular weight is 326 g/mol. The van der Waals surface area contributed by atoms with Crippen LogP contribution in [0, 0.1) is 0 Å². The van der Waals surface area contributed by atoms with Gasteiger partial charge in [-0.2, -0.15) is 0 Å². The normalized spacial score (nSPS) is 11.9. The number of hydrogen-bond acceptors (Lipinski definition) is 3. The van der Waals surface area contributed by atoms with Crippen molar-refractivity contribution in [3.8, 4) is 11.5 Å². The smallest absolute Gasteiger partial charge is 0.162 e. The minimum absolute atomic E-state index is 0.00861. The molecule has 0 saturated heterocycles. The molecule has 0 aliphatic rings. The number of methoxy groups -OCH3 is 2. The third-order valence-corrected chi connectivity index (χ3v) is 3.87. The van der Waals surface area contributed by atoms with E-state index in [0.29, 0.717) is 21.5 Å². The molecule has 2 rings (SSSR count). The van der Waals surface area contributed by atoms with E-state index in [9.17, 15) is 0 Å². The van der Waals surface area contributed by atoms with Crippen molar-refractivity contribution in [3.05, 3.63) is 52.0 Å². The van der Waals surface area contributed by atoms with Gasteiger partial charge in [0.2, 0.25) is 0 Å². The minimum atomic E-state index is 0.00861. The highest BCUT2D eigenvalue weighted by Gasteiger charge is 2.14. The summed E-state index contributed by atoms with van der Waals surface area (Å²) in [5, 5.41) is 4.62.